The lowest BCUT2D eigenvalue weighted by Crippen LogP contribution is -2.10. The molecule has 0 spiro atoms. The maximum absolute atomic E-state index is 11.0. The van der Waals surface area contributed by atoms with Crippen LogP contribution in [0.2, 0.25) is 0 Å². The van der Waals surface area contributed by atoms with Crippen molar-refractivity contribution in [3.63, 3.8) is 0 Å². The van der Waals surface area contributed by atoms with Crippen LogP contribution in [-0.2, 0) is 0 Å². The molecule has 0 bridgehead atoms. The average molecular weight is 271 g/mol. The number of para-hydroxylation sites is 1. The van der Waals surface area contributed by atoms with Crippen molar-refractivity contribution in [2.24, 2.45) is 0 Å². The molecule has 0 radical (unpaired) electrons. The Morgan fingerprint density at radius 1 is 1.15 bits per heavy atom. The lowest BCUT2D eigenvalue weighted by atomic mass is 10.2. The van der Waals surface area contributed by atoms with Crippen molar-refractivity contribution in [3.8, 4) is 0 Å². The lowest BCUT2D eigenvalue weighted by Gasteiger charge is -2.20. The zero-order valence-electron chi connectivity index (χ0n) is 11.5. The van der Waals surface area contributed by atoms with E-state index in [0.29, 0.717) is 0 Å². The molecule has 2 aromatic carbocycles. The summed E-state index contributed by atoms with van der Waals surface area (Å²) < 4.78 is 0. The minimum absolute atomic E-state index is 0.0845. The standard InChI is InChI=1S/C15H17N3O2/c1-3-16-12-9-14(11-15(10-12)18(19)20)17(2)13-7-5-4-6-8-13/h4-11,16H,3H2,1-2H3. The van der Waals surface area contributed by atoms with Gasteiger partial charge in [0.05, 0.1) is 4.92 Å². The molecular weight excluding hydrogens is 254 g/mol. The highest BCUT2D eigenvalue weighted by Crippen LogP contribution is 2.30. The van der Waals surface area contributed by atoms with Crippen LogP contribution in [0.3, 0.4) is 0 Å². The molecule has 0 aromatic heterocycles. The van der Waals surface area contributed by atoms with E-state index in [4.69, 9.17) is 0 Å². The van der Waals surface area contributed by atoms with Crippen LogP contribution in [0.1, 0.15) is 6.92 Å². The van der Waals surface area contributed by atoms with Gasteiger partial charge < -0.3 is 10.2 Å². The second-order valence-electron chi connectivity index (χ2n) is 4.42. The first kappa shape index (κ1) is 13.9. The molecule has 0 fully saturated rings. The van der Waals surface area contributed by atoms with Gasteiger partial charge in [0.15, 0.2) is 0 Å². The molecule has 5 nitrogen and oxygen atoms in total. The Kier molecular flexibility index (Phi) is 4.20. The fourth-order valence-corrected chi connectivity index (χ4v) is 2.00. The smallest absolute Gasteiger partial charge is 0.273 e. The van der Waals surface area contributed by atoms with Crippen LogP contribution in [0, 0.1) is 10.1 Å². The zero-order valence-corrected chi connectivity index (χ0v) is 11.5. The molecule has 0 saturated heterocycles. The van der Waals surface area contributed by atoms with E-state index < -0.39 is 0 Å². The van der Waals surface area contributed by atoms with E-state index in [0.717, 1.165) is 23.6 Å². The van der Waals surface area contributed by atoms with Gasteiger partial charge in [0, 0.05) is 42.8 Å². The van der Waals surface area contributed by atoms with Crippen LogP contribution < -0.4 is 10.2 Å². The van der Waals surface area contributed by atoms with Gasteiger partial charge >= 0.3 is 0 Å². The van der Waals surface area contributed by atoms with Gasteiger partial charge in [-0.3, -0.25) is 10.1 Å². The van der Waals surface area contributed by atoms with Crippen molar-refractivity contribution in [1.82, 2.24) is 0 Å². The Hall–Kier alpha value is -2.56. The quantitative estimate of drug-likeness (QED) is 0.664. The number of hydrogen-bond acceptors (Lipinski definition) is 4. The van der Waals surface area contributed by atoms with Crippen molar-refractivity contribution in [1.29, 1.82) is 0 Å². The fraction of sp³-hybridized carbons (Fsp3) is 0.200. The van der Waals surface area contributed by atoms with Crippen molar-refractivity contribution in [2.45, 2.75) is 6.92 Å². The number of rotatable bonds is 5. The van der Waals surface area contributed by atoms with Crippen LogP contribution in [0.4, 0.5) is 22.7 Å². The predicted molar refractivity (Wildman–Crippen MR) is 81.8 cm³/mol. The van der Waals surface area contributed by atoms with Gasteiger partial charge in [-0.2, -0.15) is 0 Å². The van der Waals surface area contributed by atoms with Gasteiger partial charge in [0.2, 0.25) is 0 Å². The van der Waals surface area contributed by atoms with Crippen LogP contribution in [0.25, 0.3) is 0 Å². The Morgan fingerprint density at radius 2 is 1.85 bits per heavy atom. The average Bonchev–Trinajstić information content (AvgIpc) is 2.47. The summed E-state index contributed by atoms with van der Waals surface area (Å²) in [5, 5.41) is 14.1. The molecular formula is C15H17N3O2. The highest BCUT2D eigenvalue weighted by molar-refractivity contribution is 5.70. The molecule has 20 heavy (non-hydrogen) atoms. The Bertz CT molecular complexity index is 599. The van der Waals surface area contributed by atoms with Crippen LogP contribution in [-0.4, -0.2) is 18.5 Å². The zero-order chi connectivity index (χ0) is 14.5. The third-order valence-electron chi connectivity index (χ3n) is 3.03. The monoisotopic (exact) mass is 271 g/mol. The van der Waals surface area contributed by atoms with E-state index in [1.807, 2.05) is 55.3 Å². The number of benzene rings is 2. The van der Waals surface area contributed by atoms with Crippen molar-refractivity contribution < 1.29 is 4.92 Å². The van der Waals surface area contributed by atoms with Gasteiger partial charge in [-0.1, -0.05) is 18.2 Å². The molecule has 0 atom stereocenters. The van der Waals surface area contributed by atoms with Crippen LogP contribution in [0.5, 0.6) is 0 Å². The fourth-order valence-electron chi connectivity index (χ4n) is 2.00. The van der Waals surface area contributed by atoms with Crippen molar-refractivity contribution >= 4 is 22.7 Å². The number of nitrogens with one attached hydrogen (secondary N) is 1. The summed E-state index contributed by atoms with van der Waals surface area (Å²) in [7, 11) is 1.89. The number of anilines is 3. The Morgan fingerprint density at radius 3 is 2.45 bits per heavy atom. The summed E-state index contributed by atoms with van der Waals surface area (Å²) in [6, 6.07) is 14.8. The number of nitro benzene ring substituents is 1. The molecule has 5 heteroatoms. The largest absolute Gasteiger partial charge is 0.385 e. The normalized spacial score (nSPS) is 10.1. The lowest BCUT2D eigenvalue weighted by molar-refractivity contribution is -0.384. The summed E-state index contributed by atoms with van der Waals surface area (Å²) >= 11 is 0. The van der Waals surface area contributed by atoms with Crippen LogP contribution in [0.15, 0.2) is 48.5 Å². The molecule has 2 aromatic rings. The maximum Gasteiger partial charge on any atom is 0.273 e. The number of nitrogens with zero attached hydrogens (tertiary/aromatic N) is 2. The highest BCUT2D eigenvalue weighted by atomic mass is 16.6. The molecule has 0 heterocycles. The molecule has 1 N–H and O–H groups in total. The first-order chi connectivity index (χ1) is 9.61. The number of hydrogen-bond donors (Lipinski definition) is 1. The summed E-state index contributed by atoms with van der Waals surface area (Å²) in [5.41, 5.74) is 2.59. The molecule has 0 amide bonds. The van der Waals surface area contributed by atoms with Gasteiger partial charge in [0.25, 0.3) is 5.69 Å². The Balaban J connectivity index is 2.42. The third kappa shape index (κ3) is 3.06. The van der Waals surface area contributed by atoms with Gasteiger partial charge in [-0.15, -0.1) is 0 Å². The number of non-ortho nitro benzene ring substituents is 1. The van der Waals surface area contributed by atoms with E-state index in [2.05, 4.69) is 5.32 Å². The molecule has 2 rings (SSSR count). The summed E-state index contributed by atoms with van der Waals surface area (Å²) in [4.78, 5) is 12.6. The summed E-state index contributed by atoms with van der Waals surface area (Å²) in [6.45, 7) is 2.68. The van der Waals surface area contributed by atoms with Crippen molar-refractivity contribution in [3.05, 3.63) is 58.6 Å². The second-order valence-corrected chi connectivity index (χ2v) is 4.42. The molecule has 104 valence electrons. The van der Waals surface area contributed by atoms with Gasteiger partial charge in [-0.25, -0.2) is 0 Å². The number of nitro groups is 1. The van der Waals surface area contributed by atoms with E-state index in [1.165, 1.54) is 0 Å². The van der Waals surface area contributed by atoms with Gasteiger partial charge in [-0.05, 0) is 25.1 Å². The summed E-state index contributed by atoms with van der Waals surface area (Å²) in [6.07, 6.45) is 0. The second kappa shape index (κ2) is 6.06. The molecule has 0 saturated carbocycles. The molecule has 0 aliphatic heterocycles. The Labute approximate surface area is 118 Å². The van der Waals surface area contributed by atoms with Gasteiger partial charge in [0.1, 0.15) is 0 Å². The van der Waals surface area contributed by atoms with Crippen LogP contribution >= 0.6 is 0 Å². The maximum atomic E-state index is 11.0. The molecule has 0 unspecified atom stereocenters. The van der Waals surface area contributed by atoms with E-state index in [9.17, 15) is 10.1 Å². The van der Waals surface area contributed by atoms with E-state index in [1.54, 1.807) is 12.1 Å². The highest BCUT2D eigenvalue weighted by Gasteiger charge is 2.12. The minimum Gasteiger partial charge on any atom is -0.385 e. The first-order valence-electron chi connectivity index (χ1n) is 6.44. The van der Waals surface area contributed by atoms with E-state index >= 15 is 0 Å². The third-order valence-corrected chi connectivity index (χ3v) is 3.03. The van der Waals surface area contributed by atoms with E-state index in [-0.39, 0.29) is 10.6 Å². The SMILES string of the molecule is CCNc1cc(N(C)c2ccccc2)cc([N+](=O)[O-])c1. The molecule has 0 aliphatic rings. The summed E-state index contributed by atoms with van der Waals surface area (Å²) in [5.74, 6) is 0. The topological polar surface area (TPSA) is 58.4 Å². The minimum atomic E-state index is -0.372. The first-order valence-corrected chi connectivity index (χ1v) is 6.44. The predicted octanol–water partition coefficient (Wildman–Crippen LogP) is 3.79. The van der Waals surface area contributed by atoms with Crippen molar-refractivity contribution in [2.75, 3.05) is 23.8 Å². The molecule has 0 aliphatic carbocycles.